The SMILES string of the molecule is CC(N)c1ccc(N2CCSC(C)(C)C2)cc1O. The van der Waals surface area contributed by atoms with Crippen molar-refractivity contribution < 1.29 is 5.11 Å². The molecule has 4 heteroatoms. The normalized spacial score (nSPS) is 20.8. The Balaban J connectivity index is 2.21. The lowest BCUT2D eigenvalue weighted by Gasteiger charge is -2.39. The number of nitrogens with two attached hydrogens (primary N) is 1. The van der Waals surface area contributed by atoms with Crippen molar-refractivity contribution in [1.82, 2.24) is 0 Å². The molecule has 3 nitrogen and oxygen atoms in total. The number of anilines is 1. The third kappa shape index (κ3) is 2.93. The van der Waals surface area contributed by atoms with E-state index in [9.17, 15) is 5.11 Å². The number of phenols is 1. The van der Waals surface area contributed by atoms with Gasteiger partial charge in [0.1, 0.15) is 5.75 Å². The molecule has 0 bridgehead atoms. The number of hydrogen-bond donors (Lipinski definition) is 2. The fourth-order valence-electron chi connectivity index (χ4n) is 2.35. The zero-order chi connectivity index (χ0) is 13.3. The van der Waals surface area contributed by atoms with Crippen molar-refractivity contribution in [3.05, 3.63) is 23.8 Å². The Morgan fingerprint density at radius 1 is 1.44 bits per heavy atom. The van der Waals surface area contributed by atoms with Crippen molar-refractivity contribution in [2.24, 2.45) is 5.73 Å². The van der Waals surface area contributed by atoms with E-state index in [4.69, 9.17) is 5.73 Å². The van der Waals surface area contributed by atoms with Gasteiger partial charge in [0.25, 0.3) is 0 Å². The van der Waals surface area contributed by atoms with E-state index < -0.39 is 0 Å². The van der Waals surface area contributed by atoms with Gasteiger partial charge in [-0.3, -0.25) is 0 Å². The Kier molecular flexibility index (Phi) is 3.78. The molecule has 1 aliphatic heterocycles. The minimum absolute atomic E-state index is 0.132. The van der Waals surface area contributed by atoms with Crippen molar-refractivity contribution in [3.8, 4) is 5.75 Å². The highest BCUT2D eigenvalue weighted by Crippen LogP contribution is 2.34. The van der Waals surface area contributed by atoms with Crippen LogP contribution >= 0.6 is 11.8 Å². The Morgan fingerprint density at radius 3 is 2.72 bits per heavy atom. The lowest BCUT2D eigenvalue weighted by molar-refractivity contribution is 0.463. The molecule has 0 spiro atoms. The van der Waals surface area contributed by atoms with Crippen molar-refractivity contribution in [3.63, 3.8) is 0 Å². The highest BCUT2D eigenvalue weighted by atomic mass is 32.2. The van der Waals surface area contributed by atoms with Crippen LogP contribution in [-0.4, -0.2) is 28.7 Å². The summed E-state index contributed by atoms with van der Waals surface area (Å²) in [5.74, 6) is 1.43. The Labute approximate surface area is 113 Å². The second-order valence-corrected chi connectivity index (χ2v) is 7.36. The van der Waals surface area contributed by atoms with Gasteiger partial charge in [-0.15, -0.1) is 0 Å². The van der Waals surface area contributed by atoms with Crippen molar-refractivity contribution >= 4 is 17.4 Å². The highest BCUT2D eigenvalue weighted by molar-refractivity contribution is 8.00. The average molecular weight is 266 g/mol. The van der Waals surface area contributed by atoms with Crippen molar-refractivity contribution in [2.75, 3.05) is 23.7 Å². The van der Waals surface area contributed by atoms with Crippen LogP contribution in [0, 0.1) is 0 Å². The van der Waals surface area contributed by atoms with E-state index in [1.54, 1.807) is 0 Å². The summed E-state index contributed by atoms with van der Waals surface area (Å²) in [5, 5.41) is 10.0. The van der Waals surface area contributed by atoms with Crippen LogP contribution in [0.15, 0.2) is 18.2 Å². The van der Waals surface area contributed by atoms with Crippen LogP contribution in [0.1, 0.15) is 32.4 Å². The van der Waals surface area contributed by atoms with Gasteiger partial charge in [-0.25, -0.2) is 0 Å². The molecule has 0 aromatic heterocycles. The molecule has 18 heavy (non-hydrogen) atoms. The molecule has 1 saturated heterocycles. The first-order valence-electron chi connectivity index (χ1n) is 6.36. The topological polar surface area (TPSA) is 49.5 Å². The van der Waals surface area contributed by atoms with E-state index in [1.807, 2.05) is 30.8 Å². The van der Waals surface area contributed by atoms with Gasteiger partial charge in [-0.2, -0.15) is 11.8 Å². The average Bonchev–Trinajstić information content (AvgIpc) is 2.27. The second-order valence-electron chi connectivity index (χ2n) is 5.56. The molecule has 3 N–H and O–H groups in total. The monoisotopic (exact) mass is 266 g/mol. The highest BCUT2D eigenvalue weighted by Gasteiger charge is 2.27. The third-order valence-corrected chi connectivity index (χ3v) is 4.59. The molecule has 1 heterocycles. The van der Waals surface area contributed by atoms with Crippen LogP contribution in [0.4, 0.5) is 5.69 Å². The van der Waals surface area contributed by atoms with Gasteiger partial charge in [0.15, 0.2) is 0 Å². The lowest BCUT2D eigenvalue weighted by Crippen LogP contribution is -2.43. The summed E-state index contributed by atoms with van der Waals surface area (Å²) in [6.45, 7) is 8.45. The summed E-state index contributed by atoms with van der Waals surface area (Å²) >= 11 is 2.01. The first-order valence-corrected chi connectivity index (χ1v) is 7.35. The molecule has 1 unspecified atom stereocenters. The Morgan fingerprint density at radius 2 is 2.17 bits per heavy atom. The van der Waals surface area contributed by atoms with Gasteiger partial charge in [0.05, 0.1) is 0 Å². The summed E-state index contributed by atoms with van der Waals surface area (Å²) in [4.78, 5) is 2.33. The summed E-state index contributed by atoms with van der Waals surface area (Å²) in [6, 6.07) is 5.70. The molecular weight excluding hydrogens is 244 g/mol. The molecule has 2 rings (SSSR count). The third-order valence-electron chi connectivity index (χ3n) is 3.30. The molecule has 1 aromatic rings. The van der Waals surface area contributed by atoms with E-state index in [1.165, 1.54) is 0 Å². The van der Waals surface area contributed by atoms with Gasteiger partial charge >= 0.3 is 0 Å². The zero-order valence-corrected chi connectivity index (χ0v) is 12.1. The fourth-order valence-corrected chi connectivity index (χ4v) is 3.46. The lowest BCUT2D eigenvalue weighted by atomic mass is 10.1. The first kappa shape index (κ1) is 13.6. The number of phenolic OH excluding ortho intramolecular Hbond substituents is 1. The number of nitrogens with zero attached hydrogens (tertiary/aromatic N) is 1. The van der Waals surface area contributed by atoms with Crippen LogP contribution in [0.25, 0.3) is 0 Å². The maximum absolute atomic E-state index is 10.0. The first-order chi connectivity index (χ1) is 8.39. The molecular formula is C14H22N2OS. The van der Waals surface area contributed by atoms with E-state index in [-0.39, 0.29) is 10.8 Å². The summed E-state index contributed by atoms with van der Waals surface area (Å²) in [5.41, 5.74) is 7.71. The van der Waals surface area contributed by atoms with Crippen LogP contribution in [-0.2, 0) is 0 Å². The Hall–Kier alpha value is -0.870. The van der Waals surface area contributed by atoms with Gasteiger partial charge in [0, 0.05) is 46.9 Å². The summed E-state index contributed by atoms with van der Waals surface area (Å²) in [7, 11) is 0. The van der Waals surface area contributed by atoms with E-state index in [2.05, 4.69) is 24.8 Å². The van der Waals surface area contributed by atoms with Crippen LogP contribution in [0.3, 0.4) is 0 Å². The maximum atomic E-state index is 10.0. The number of rotatable bonds is 2. The van der Waals surface area contributed by atoms with E-state index in [0.29, 0.717) is 5.75 Å². The summed E-state index contributed by atoms with van der Waals surface area (Å²) < 4.78 is 0.272. The van der Waals surface area contributed by atoms with Gasteiger partial charge in [-0.05, 0) is 26.8 Å². The van der Waals surface area contributed by atoms with Crippen molar-refractivity contribution in [2.45, 2.75) is 31.6 Å². The largest absolute Gasteiger partial charge is 0.508 e. The number of hydrogen-bond acceptors (Lipinski definition) is 4. The standard InChI is InChI=1S/C14H22N2OS/c1-10(15)12-5-4-11(8-13(12)17)16-6-7-18-14(2,3)9-16/h4-5,8,10,17H,6-7,9,15H2,1-3H3. The molecule has 0 radical (unpaired) electrons. The Bertz CT molecular complexity index is 432. The van der Waals surface area contributed by atoms with Crippen LogP contribution in [0.5, 0.6) is 5.75 Å². The van der Waals surface area contributed by atoms with Crippen LogP contribution < -0.4 is 10.6 Å². The smallest absolute Gasteiger partial charge is 0.122 e. The van der Waals surface area contributed by atoms with Gasteiger partial charge in [-0.1, -0.05) is 6.07 Å². The number of thioether (sulfide) groups is 1. The number of benzene rings is 1. The predicted molar refractivity (Wildman–Crippen MR) is 79.5 cm³/mol. The molecule has 1 aromatic carbocycles. The molecule has 0 aliphatic carbocycles. The van der Waals surface area contributed by atoms with Crippen LogP contribution in [0.2, 0.25) is 0 Å². The molecule has 1 fully saturated rings. The molecule has 1 atom stereocenters. The minimum atomic E-state index is -0.132. The maximum Gasteiger partial charge on any atom is 0.122 e. The predicted octanol–water partition coefficient (Wildman–Crippen LogP) is 2.74. The summed E-state index contributed by atoms with van der Waals surface area (Å²) in [6.07, 6.45) is 0. The molecule has 0 saturated carbocycles. The number of aromatic hydroxyl groups is 1. The van der Waals surface area contributed by atoms with Gasteiger partial charge in [0.2, 0.25) is 0 Å². The fraction of sp³-hybridized carbons (Fsp3) is 0.571. The minimum Gasteiger partial charge on any atom is -0.508 e. The second kappa shape index (κ2) is 5.02. The molecule has 100 valence electrons. The molecule has 0 amide bonds. The zero-order valence-electron chi connectivity index (χ0n) is 11.3. The van der Waals surface area contributed by atoms with Crippen molar-refractivity contribution in [1.29, 1.82) is 0 Å². The quantitative estimate of drug-likeness (QED) is 0.864. The van der Waals surface area contributed by atoms with E-state index >= 15 is 0 Å². The van der Waals surface area contributed by atoms with Gasteiger partial charge < -0.3 is 15.7 Å². The van der Waals surface area contributed by atoms with E-state index in [0.717, 1.165) is 30.1 Å². The molecule has 1 aliphatic rings.